The zero-order valence-corrected chi connectivity index (χ0v) is 10.7. The lowest BCUT2D eigenvalue weighted by atomic mass is 9.70. The van der Waals surface area contributed by atoms with Crippen molar-refractivity contribution in [3.05, 3.63) is 0 Å². The zero-order chi connectivity index (χ0) is 11.7. The Morgan fingerprint density at radius 3 is 2.07 bits per heavy atom. The quantitative estimate of drug-likeness (QED) is 0.754. The van der Waals surface area contributed by atoms with Crippen molar-refractivity contribution in [2.24, 2.45) is 22.5 Å². The van der Waals surface area contributed by atoms with Gasteiger partial charge in [0, 0.05) is 6.04 Å². The van der Waals surface area contributed by atoms with Crippen LogP contribution in [0.25, 0.3) is 0 Å². The van der Waals surface area contributed by atoms with Gasteiger partial charge in [-0.2, -0.15) is 0 Å². The van der Waals surface area contributed by atoms with Crippen LogP contribution in [0.15, 0.2) is 0 Å². The third-order valence-electron chi connectivity index (χ3n) is 4.36. The second-order valence-corrected chi connectivity index (χ2v) is 6.55. The molecule has 0 heterocycles. The first kappa shape index (κ1) is 13.0. The average Bonchev–Trinajstić information content (AvgIpc) is 2.34. The van der Waals surface area contributed by atoms with Crippen LogP contribution >= 0.6 is 0 Å². The van der Waals surface area contributed by atoms with Crippen LogP contribution in [-0.4, -0.2) is 17.8 Å². The summed E-state index contributed by atoms with van der Waals surface area (Å²) in [4.78, 5) is 0. The van der Waals surface area contributed by atoms with Gasteiger partial charge in [-0.05, 0) is 42.4 Å². The maximum atomic E-state index is 8.94. The topological polar surface area (TPSA) is 46.2 Å². The van der Waals surface area contributed by atoms with Crippen molar-refractivity contribution < 1.29 is 5.11 Å². The molecule has 3 N–H and O–H groups in total. The average molecular weight is 213 g/mol. The predicted molar refractivity (Wildman–Crippen MR) is 64.6 cm³/mol. The van der Waals surface area contributed by atoms with E-state index in [-0.39, 0.29) is 12.6 Å². The summed E-state index contributed by atoms with van der Waals surface area (Å²) in [6, 6.07) is -0.0304. The van der Waals surface area contributed by atoms with E-state index in [0.717, 1.165) is 18.8 Å². The third-order valence-corrected chi connectivity index (χ3v) is 4.36. The van der Waals surface area contributed by atoms with Gasteiger partial charge < -0.3 is 10.8 Å². The van der Waals surface area contributed by atoms with Crippen molar-refractivity contribution >= 4 is 0 Å². The summed E-state index contributed by atoms with van der Waals surface area (Å²) >= 11 is 0. The standard InChI is InChI=1S/C13H27NO/c1-12(2)7-8-13(3,4)11(12)6-5-10(14)9-15/h10-11,15H,5-9,14H2,1-4H3. The van der Waals surface area contributed by atoms with Crippen LogP contribution in [0, 0.1) is 16.7 Å². The molecule has 0 aromatic heterocycles. The molecular formula is C13H27NO. The number of aliphatic hydroxyl groups excluding tert-OH is 1. The summed E-state index contributed by atoms with van der Waals surface area (Å²) in [5.74, 6) is 0.739. The van der Waals surface area contributed by atoms with Crippen LogP contribution in [0.5, 0.6) is 0 Å². The van der Waals surface area contributed by atoms with Gasteiger partial charge in [0.05, 0.1) is 6.61 Å². The molecule has 1 aliphatic rings. The minimum absolute atomic E-state index is 0.0304. The van der Waals surface area contributed by atoms with Crippen molar-refractivity contribution in [3.63, 3.8) is 0 Å². The summed E-state index contributed by atoms with van der Waals surface area (Å²) in [5.41, 5.74) is 6.66. The number of nitrogens with two attached hydrogens (primary N) is 1. The van der Waals surface area contributed by atoms with Gasteiger partial charge in [0.1, 0.15) is 0 Å². The number of rotatable bonds is 4. The highest BCUT2D eigenvalue weighted by Gasteiger charge is 2.46. The first-order valence-corrected chi connectivity index (χ1v) is 6.16. The molecule has 1 rings (SSSR count). The van der Waals surface area contributed by atoms with Gasteiger partial charge in [0.2, 0.25) is 0 Å². The van der Waals surface area contributed by atoms with Gasteiger partial charge in [-0.3, -0.25) is 0 Å². The Morgan fingerprint density at radius 2 is 1.67 bits per heavy atom. The molecule has 15 heavy (non-hydrogen) atoms. The Labute approximate surface area is 94.2 Å². The fourth-order valence-electron chi connectivity index (χ4n) is 3.30. The van der Waals surface area contributed by atoms with Crippen molar-refractivity contribution in [2.75, 3.05) is 6.61 Å². The summed E-state index contributed by atoms with van der Waals surface area (Å²) in [7, 11) is 0. The highest BCUT2D eigenvalue weighted by Crippen LogP contribution is 2.55. The fraction of sp³-hybridized carbons (Fsp3) is 1.00. The predicted octanol–water partition coefficient (Wildman–Crippen LogP) is 2.55. The third kappa shape index (κ3) is 2.94. The Hall–Kier alpha value is -0.0800. The number of hydrogen-bond acceptors (Lipinski definition) is 2. The molecule has 1 fully saturated rings. The lowest BCUT2D eigenvalue weighted by molar-refractivity contribution is 0.134. The maximum absolute atomic E-state index is 8.94. The Morgan fingerprint density at radius 1 is 1.20 bits per heavy atom. The van der Waals surface area contributed by atoms with Crippen LogP contribution in [0.2, 0.25) is 0 Å². The Balaban J connectivity index is 2.57. The maximum Gasteiger partial charge on any atom is 0.0582 e. The van der Waals surface area contributed by atoms with E-state index < -0.39 is 0 Å². The summed E-state index contributed by atoms with van der Waals surface area (Å²) in [5, 5.41) is 8.94. The zero-order valence-electron chi connectivity index (χ0n) is 10.7. The number of hydrogen-bond donors (Lipinski definition) is 2. The van der Waals surface area contributed by atoms with Crippen LogP contribution < -0.4 is 5.73 Å². The lowest BCUT2D eigenvalue weighted by Crippen LogP contribution is -2.31. The molecule has 0 aliphatic heterocycles. The second-order valence-electron chi connectivity index (χ2n) is 6.55. The highest BCUT2D eigenvalue weighted by atomic mass is 16.3. The van der Waals surface area contributed by atoms with Gasteiger partial charge in [-0.25, -0.2) is 0 Å². The van der Waals surface area contributed by atoms with Crippen LogP contribution in [0.4, 0.5) is 0 Å². The molecule has 0 aromatic carbocycles. The van der Waals surface area contributed by atoms with Crippen LogP contribution in [0.1, 0.15) is 53.4 Å². The van der Waals surface area contributed by atoms with E-state index in [2.05, 4.69) is 27.7 Å². The molecule has 2 heteroatoms. The van der Waals surface area contributed by atoms with Gasteiger partial charge in [-0.15, -0.1) is 0 Å². The van der Waals surface area contributed by atoms with Crippen LogP contribution in [-0.2, 0) is 0 Å². The van der Waals surface area contributed by atoms with Crippen LogP contribution in [0.3, 0.4) is 0 Å². The molecule has 1 aliphatic carbocycles. The largest absolute Gasteiger partial charge is 0.395 e. The van der Waals surface area contributed by atoms with Crippen molar-refractivity contribution in [3.8, 4) is 0 Å². The molecule has 90 valence electrons. The molecule has 1 unspecified atom stereocenters. The molecule has 2 nitrogen and oxygen atoms in total. The summed E-state index contributed by atoms with van der Waals surface area (Å²) in [6.07, 6.45) is 4.74. The van der Waals surface area contributed by atoms with Crippen molar-refractivity contribution in [1.29, 1.82) is 0 Å². The fourth-order valence-corrected chi connectivity index (χ4v) is 3.30. The van der Waals surface area contributed by atoms with E-state index in [9.17, 15) is 0 Å². The van der Waals surface area contributed by atoms with E-state index in [1.54, 1.807) is 0 Å². The van der Waals surface area contributed by atoms with E-state index >= 15 is 0 Å². The summed E-state index contributed by atoms with van der Waals surface area (Å²) < 4.78 is 0. The molecule has 0 aromatic rings. The lowest BCUT2D eigenvalue weighted by Gasteiger charge is -2.36. The van der Waals surface area contributed by atoms with E-state index in [1.165, 1.54) is 12.8 Å². The first-order valence-electron chi connectivity index (χ1n) is 6.16. The molecule has 1 saturated carbocycles. The van der Waals surface area contributed by atoms with E-state index in [4.69, 9.17) is 10.8 Å². The van der Waals surface area contributed by atoms with Crippen molar-refractivity contribution in [2.45, 2.75) is 59.4 Å². The SMILES string of the molecule is CC1(C)CCC(C)(C)C1CCC(N)CO. The smallest absolute Gasteiger partial charge is 0.0582 e. The Bertz CT molecular complexity index is 195. The minimum atomic E-state index is -0.0304. The monoisotopic (exact) mass is 213 g/mol. The van der Waals surface area contributed by atoms with E-state index in [0.29, 0.717) is 10.8 Å². The van der Waals surface area contributed by atoms with Gasteiger partial charge in [0.15, 0.2) is 0 Å². The first-order chi connectivity index (χ1) is 6.79. The van der Waals surface area contributed by atoms with Gasteiger partial charge in [-0.1, -0.05) is 27.7 Å². The second kappa shape index (κ2) is 4.42. The molecule has 0 amide bonds. The van der Waals surface area contributed by atoms with E-state index in [1.807, 2.05) is 0 Å². The number of aliphatic hydroxyl groups is 1. The molecule has 0 radical (unpaired) electrons. The molecule has 0 saturated heterocycles. The molecule has 0 bridgehead atoms. The van der Waals surface area contributed by atoms with Gasteiger partial charge >= 0.3 is 0 Å². The molecule has 0 spiro atoms. The minimum Gasteiger partial charge on any atom is -0.395 e. The van der Waals surface area contributed by atoms with Crippen molar-refractivity contribution in [1.82, 2.24) is 0 Å². The highest BCUT2D eigenvalue weighted by molar-refractivity contribution is 4.96. The van der Waals surface area contributed by atoms with Gasteiger partial charge in [0.25, 0.3) is 0 Å². The Kier molecular flexibility index (Phi) is 3.83. The normalized spacial score (nSPS) is 26.8. The molecular weight excluding hydrogens is 186 g/mol. The molecule has 1 atom stereocenters. The summed E-state index contributed by atoms with van der Waals surface area (Å²) in [6.45, 7) is 9.61.